The van der Waals surface area contributed by atoms with Crippen molar-refractivity contribution in [2.45, 2.75) is 193 Å². The van der Waals surface area contributed by atoms with E-state index in [-0.39, 0.29) is 19.4 Å². The van der Waals surface area contributed by atoms with Gasteiger partial charge in [-0.25, -0.2) is 4.57 Å². The second-order valence-corrected chi connectivity index (χ2v) is 16.2. The van der Waals surface area contributed by atoms with Crippen LogP contribution in [-0.2, 0) is 32.7 Å². The fraction of sp³-hybridized carbons (Fsp3) is 0.739. The molecule has 0 aliphatic carbocycles. The Morgan fingerprint density at radius 2 is 0.930 bits per heavy atom. The van der Waals surface area contributed by atoms with Crippen LogP contribution in [0, 0.1) is 0 Å². The van der Waals surface area contributed by atoms with Crippen molar-refractivity contribution in [2.24, 2.45) is 0 Å². The van der Waals surface area contributed by atoms with Gasteiger partial charge in [-0.2, -0.15) is 0 Å². The largest absolute Gasteiger partial charge is 0.472 e. The highest BCUT2D eigenvalue weighted by molar-refractivity contribution is 7.47. The average Bonchev–Trinajstić information content (AvgIpc) is 3.20. The summed E-state index contributed by atoms with van der Waals surface area (Å²) in [7, 11) is -4.63. The molecule has 0 saturated carbocycles. The first kappa shape index (κ1) is 54.7. The molecule has 11 heteroatoms. The number of aliphatic hydroxyl groups excluding tert-OH is 2. The summed E-state index contributed by atoms with van der Waals surface area (Å²) < 4.78 is 32.6. The first-order valence-electron chi connectivity index (χ1n) is 22.2. The van der Waals surface area contributed by atoms with Gasteiger partial charge in [-0.05, 0) is 77.0 Å². The van der Waals surface area contributed by atoms with Crippen LogP contribution in [0.15, 0.2) is 60.8 Å². The predicted molar refractivity (Wildman–Crippen MR) is 233 cm³/mol. The molecule has 0 heterocycles. The molecule has 0 amide bonds. The maximum Gasteiger partial charge on any atom is 0.472 e. The molecule has 0 fully saturated rings. The maximum absolute atomic E-state index is 12.6. The predicted octanol–water partition coefficient (Wildman–Crippen LogP) is 11.9. The van der Waals surface area contributed by atoms with Gasteiger partial charge in [-0.1, -0.05) is 152 Å². The Balaban J connectivity index is 4.38. The molecule has 0 bridgehead atoms. The topological polar surface area (TPSA) is 149 Å². The van der Waals surface area contributed by atoms with Crippen molar-refractivity contribution in [3.8, 4) is 0 Å². The van der Waals surface area contributed by atoms with E-state index in [1.807, 2.05) is 6.08 Å². The van der Waals surface area contributed by atoms with Crippen LogP contribution >= 0.6 is 7.82 Å². The lowest BCUT2D eigenvalue weighted by molar-refractivity contribution is -0.161. The first-order valence-corrected chi connectivity index (χ1v) is 23.7. The van der Waals surface area contributed by atoms with Gasteiger partial charge in [-0.15, -0.1) is 0 Å². The molecule has 0 aliphatic rings. The number of hydrogen-bond acceptors (Lipinski definition) is 9. The van der Waals surface area contributed by atoms with Crippen molar-refractivity contribution in [3.05, 3.63) is 60.8 Å². The first-order chi connectivity index (χ1) is 27.7. The Labute approximate surface area is 346 Å². The average molecular weight is 825 g/mol. The number of unbranched alkanes of at least 4 members (excludes halogenated alkanes) is 17. The van der Waals surface area contributed by atoms with Gasteiger partial charge in [0.05, 0.1) is 19.8 Å². The Bertz CT molecular complexity index is 1130. The number of hydrogen-bond donors (Lipinski definition) is 3. The molecule has 0 radical (unpaired) electrons. The zero-order valence-corrected chi connectivity index (χ0v) is 36.7. The van der Waals surface area contributed by atoms with E-state index in [2.05, 4.69) is 73.1 Å². The zero-order chi connectivity index (χ0) is 41.9. The highest BCUT2D eigenvalue weighted by Crippen LogP contribution is 2.43. The second-order valence-electron chi connectivity index (χ2n) is 14.7. The number of ether oxygens (including phenoxy) is 2. The number of rotatable bonds is 41. The van der Waals surface area contributed by atoms with Crippen LogP contribution < -0.4 is 0 Å². The summed E-state index contributed by atoms with van der Waals surface area (Å²) in [4.78, 5) is 34.9. The number of allylic oxidation sites excluding steroid dienone is 10. The number of carbonyl (C=O) groups is 2. The standard InChI is InChI=1S/C46H81O10P/c1-3-5-7-9-11-13-15-17-18-19-20-21-22-23-24-26-27-29-31-33-35-37-45(49)53-41-44(42-55-57(51,52)54-40-43(48)39-47)56-46(50)38-36-34-32-30-28-25-16-14-12-10-8-6-4-2/h18-19,21-22,24-26,28-29,31,43-44,47-48H,3-17,20,23,27,30,32-42H2,1-2H3,(H,51,52)/b19-18+,22-21+,26-24+,28-25+,31-29+/t43-,44+/m1/s1. The monoisotopic (exact) mass is 825 g/mol. The lowest BCUT2D eigenvalue weighted by Gasteiger charge is -2.20. The molecule has 10 nitrogen and oxygen atoms in total. The van der Waals surface area contributed by atoms with Crippen molar-refractivity contribution >= 4 is 19.8 Å². The molecule has 3 atom stereocenters. The van der Waals surface area contributed by atoms with E-state index >= 15 is 0 Å². The van der Waals surface area contributed by atoms with Crippen LogP contribution in [0.3, 0.4) is 0 Å². The highest BCUT2D eigenvalue weighted by Gasteiger charge is 2.27. The molecule has 0 rings (SSSR count). The van der Waals surface area contributed by atoms with Gasteiger partial charge in [0.2, 0.25) is 0 Å². The van der Waals surface area contributed by atoms with E-state index in [1.54, 1.807) is 0 Å². The number of phosphoric ester groups is 1. The fourth-order valence-electron chi connectivity index (χ4n) is 5.69. The Hall–Kier alpha value is -2.33. The molecule has 0 aromatic heterocycles. The molecular weight excluding hydrogens is 743 g/mol. The summed E-state index contributed by atoms with van der Waals surface area (Å²) in [5.41, 5.74) is 0. The van der Waals surface area contributed by atoms with E-state index in [4.69, 9.17) is 19.1 Å². The van der Waals surface area contributed by atoms with Crippen LogP contribution in [0.25, 0.3) is 0 Å². The van der Waals surface area contributed by atoms with Gasteiger partial charge in [0, 0.05) is 12.8 Å². The van der Waals surface area contributed by atoms with Crippen molar-refractivity contribution in [3.63, 3.8) is 0 Å². The van der Waals surface area contributed by atoms with Gasteiger partial charge in [0.1, 0.15) is 12.7 Å². The van der Waals surface area contributed by atoms with Gasteiger partial charge in [0.25, 0.3) is 0 Å². The van der Waals surface area contributed by atoms with Crippen molar-refractivity contribution in [2.75, 3.05) is 26.4 Å². The number of phosphoric acid groups is 1. The third-order valence-corrected chi connectivity index (χ3v) is 10.1. The summed E-state index contributed by atoms with van der Waals surface area (Å²) in [5.74, 6) is -1.01. The minimum Gasteiger partial charge on any atom is -0.462 e. The second kappa shape index (κ2) is 41.8. The van der Waals surface area contributed by atoms with E-state index in [9.17, 15) is 24.2 Å². The fourth-order valence-corrected chi connectivity index (χ4v) is 6.48. The molecular formula is C46H81O10P. The normalized spacial score (nSPS) is 14.4. The van der Waals surface area contributed by atoms with Crippen LogP contribution in [0.5, 0.6) is 0 Å². The SMILES string of the molecule is CCCCCCCC/C=C/CCCCCC(=O)O[C@@H](COC(=O)CCC/C=C/C/C=C/C/C=C/C/C=C/CCCCCCCCC)COP(=O)(O)OC[C@H](O)CO. The van der Waals surface area contributed by atoms with Crippen LogP contribution in [-0.4, -0.2) is 65.7 Å². The van der Waals surface area contributed by atoms with Crippen LogP contribution in [0.4, 0.5) is 0 Å². The zero-order valence-electron chi connectivity index (χ0n) is 35.8. The number of esters is 2. The molecule has 0 aromatic carbocycles. The summed E-state index contributed by atoms with van der Waals surface area (Å²) in [6, 6.07) is 0. The van der Waals surface area contributed by atoms with Gasteiger partial charge in [-0.3, -0.25) is 18.6 Å². The third kappa shape index (κ3) is 41.6. The Morgan fingerprint density at radius 1 is 0.526 bits per heavy atom. The summed E-state index contributed by atoms with van der Waals surface area (Å²) in [6.45, 7) is 2.28. The number of carbonyl (C=O) groups excluding carboxylic acids is 2. The van der Waals surface area contributed by atoms with E-state index in [1.165, 1.54) is 89.9 Å². The molecule has 3 N–H and O–H groups in total. The lowest BCUT2D eigenvalue weighted by atomic mass is 10.1. The maximum atomic E-state index is 12.6. The number of aliphatic hydroxyl groups is 2. The van der Waals surface area contributed by atoms with Crippen molar-refractivity contribution < 1.29 is 47.8 Å². The Kier molecular flexibility index (Phi) is 40.1. The Morgan fingerprint density at radius 3 is 1.44 bits per heavy atom. The van der Waals surface area contributed by atoms with Gasteiger partial charge >= 0.3 is 19.8 Å². The van der Waals surface area contributed by atoms with E-state index in [0.717, 1.165) is 44.9 Å². The van der Waals surface area contributed by atoms with Crippen molar-refractivity contribution in [1.29, 1.82) is 0 Å². The van der Waals surface area contributed by atoms with E-state index in [0.29, 0.717) is 19.3 Å². The summed E-state index contributed by atoms with van der Waals surface area (Å²) in [5, 5.41) is 18.3. The quantitative estimate of drug-likeness (QED) is 0.0235. The molecule has 0 spiro atoms. The lowest BCUT2D eigenvalue weighted by Crippen LogP contribution is -2.29. The molecule has 1 unspecified atom stereocenters. The van der Waals surface area contributed by atoms with Crippen LogP contribution in [0.2, 0.25) is 0 Å². The molecule has 57 heavy (non-hydrogen) atoms. The molecule has 330 valence electrons. The third-order valence-electron chi connectivity index (χ3n) is 9.14. The summed E-state index contributed by atoms with van der Waals surface area (Å²) in [6.07, 6.45) is 46.3. The highest BCUT2D eigenvalue weighted by atomic mass is 31.2. The van der Waals surface area contributed by atoms with Crippen LogP contribution in [0.1, 0.15) is 181 Å². The smallest absolute Gasteiger partial charge is 0.462 e. The van der Waals surface area contributed by atoms with Gasteiger partial charge < -0.3 is 24.6 Å². The van der Waals surface area contributed by atoms with E-state index < -0.39 is 51.8 Å². The minimum atomic E-state index is -4.63. The van der Waals surface area contributed by atoms with Crippen molar-refractivity contribution in [1.82, 2.24) is 0 Å². The molecule has 0 saturated heterocycles. The molecule has 0 aromatic rings. The molecule has 0 aliphatic heterocycles. The van der Waals surface area contributed by atoms with Gasteiger partial charge in [0.15, 0.2) is 6.10 Å². The summed E-state index contributed by atoms with van der Waals surface area (Å²) >= 11 is 0. The minimum absolute atomic E-state index is 0.150.